The van der Waals surface area contributed by atoms with Gasteiger partial charge in [-0.1, -0.05) is 110 Å². The third-order valence-electron chi connectivity index (χ3n) is 4.31. The highest BCUT2D eigenvalue weighted by Crippen LogP contribution is 2.13. The predicted molar refractivity (Wildman–Crippen MR) is 101 cm³/mol. The highest BCUT2D eigenvalue weighted by atomic mass is 16.5. The van der Waals surface area contributed by atoms with Gasteiger partial charge in [0.15, 0.2) is 0 Å². The van der Waals surface area contributed by atoms with Crippen molar-refractivity contribution < 1.29 is 10.9 Å². The minimum Gasteiger partial charge on any atom is -0.463 e. The molecule has 2 nitrogen and oxygen atoms in total. The van der Waals surface area contributed by atoms with Crippen LogP contribution in [0.4, 0.5) is 0 Å². The van der Waals surface area contributed by atoms with Crippen molar-refractivity contribution in [1.29, 1.82) is 0 Å². The Labute approximate surface area is 146 Å². The first kappa shape index (κ1) is 20.3. The van der Waals surface area contributed by atoms with Crippen molar-refractivity contribution in [1.82, 2.24) is 0 Å². The molecule has 0 amide bonds. The third kappa shape index (κ3) is 19.2. The van der Waals surface area contributed by atoms with Crippen LogP contribution in [0.5, 0.6) is 0 Å². The van der Waals surface area contributed by atoms with Crippen molar-refractivity contribution in [3.8, 4) is 0 Å². The summed E-state index contributed by atoms with van der Waals surface area (Å²) >= 11 is 0. The summed E-state index contributed by atoms with van der Waals surface area (Å²) in [4.78, 5) is 10.8. The fourth-order valence-corrected chi connectivity index (χ4v) is 2.81. The second kappa shape index (κ2) is 19.3. The zero-order valence-corrected chi connectivity index (χ0v) is 15.3. The van der Waals surface area contributed by atoms with E-state index in [9.17, 15) is 4.79 Å². The molecule has 0 heterocycles. The van der Waals surface area contributed by atoms with E-state index < -0.39 is 0 Å². The highest BCUT2D eigenvalue weighted by Gasteiger charge is 1.96. The van der Waals surface area contributed by atoms with Crippen LogP contribution in [-0.2, 0) is 9.53 Å². The lowest BCUT2D eigenvalue weighted by Gasteiger charge is -2.04. The fourth-order valence-electron chi connectivity index (χ4n) is 2.81. The minimum absolute atomic E-state index is 0.306. The summed E-state index contributed by atoms with van der Waals surface area (Å²) in [7, 11) is 0. The van der Waals surface area contributed by atoms with Gasteiger partial charge in [-0.2, -0.15) is 0 Å². The molecule has 0 aromatic carbocycles. The van der Waals surface area contributed by atoms with Gasteiger partial charge in [0.1, 0.15) is 0 Å². The first-order valence-electron chi connectivity index (χ1n) is 10.6. The topological polar surface area (TPSA) is 26.3 Å². The molecular weight excluding hydrogens is 284 g/mol. The molecule has 0 N–H and O–H groups in total. The lowest BCUT2D eigenvalue weighted by atomic mass is 10.0. The molecule has 2 heteroatoms. The molecule has 0 aliphatic heterocycles. The van der Waals surface area contributed by atoms with Crippen LogP contribution >= 0.6 is 0 Å². The van der Waals surface area contributed by atoms with Crippen LogP contribution in [0.3, 0.4) is 0 Å². The molecule has 0 aromatic heterocycles. The Morgan fingerprint density at radius 1 is 0.783 bits per heavy atom. The van der Waals surface area contributed by atoms with E-state index >= 15 is 0 Å². The van der Waals surface area contributed by atoms with Crippen molar-refractivity contribution in [2.75, 3.05) is 6.61 Å². The van der Waals surface area contributed by atoms with Crippen LogP contribution in [0.25, 0.3) is 0 Å². The molecule has 0 atom stereocenters. The molecule has 0 aromatic rings. The molecule has 0 rings (SSSR count). The van der Waals surface area contributed by atoms with Crippen LogP contribution in [0.1, 0.15) is 111 Å². The molecule has 0 saturated heterocycles. The van der Waals surface area contributed by atoms with E-state index in [-0.39, 0.29) is 5.97 Å². The second-order valence-electron chi connectivity index (χ2n) is 6.53. The Balaban J connectivity index is 3.00. The van der Waals surface area contributed by atoms with E-state index in [1.165, 1.54) is 89.5 Å². The Bertz CT molecular complexity index is 279. The molecule has 0 aliphatic carbocycles. The van der Waals surface area contributed by atoms with Gasteiger partial charge in [-0.05, 0) is 6.42 Å². The van der Waals surface area contributed by atoms with Gasteiger partial charge in [0.05, 0.1) is 6.61 Å². The summed E-state index contributed by atoms with van der Waals surface area (Å²) < 4.78 is 12.0. The zero-order chi connectivity index (χ0) is 17.7. The number of carbonyl (C=O) groups excluding carboxylic acids is 1. The number of hydrogen-bond donors (Lipinski definition) is 0. The number of unbranched alkanes of at least 4 members (excludes halogenated alkanes) is 15. The van der Waals surface area contributed by atoms with Gasteiger partial charge in [0, 0.05) is 7.45 Å². The van der Waals surface area contributed by atoms with Gasteiger partial charge in [-0.25, -0.2) is 4.79 Å². The molecule has 0 aliphatic rings. The van der Waals surface area contributed by atoms with Crippen LogP contribution < -0.4 is 0 Å². The number of esters is 1. The molecule has 0 radical (unpaired) electrons. The van der Waals surface area contributed by atoms with Gasteiger partial charge in [0.25, 0.3) is 0 Å². The first-order chi connectivity index (χ1) is 11.8. The van der Waals surface area contributed by atoms with Gasteiger partial charge in [-0.3, -0.25) is 0 Å². The lowest BCUT2D eigenvalue weighted by molar-refractivity contribution is -0.137. The van der Waals surface area contributed by atoms with Crippen LogP contribution in [-0.4, -0.2) is 12.6 Å². The van der Waals surface area contributed by atoms with Gasteiger partial charge in [0.2, 0.25) is 0 Å². The van der Waals surface area contributed by atoms with Gasteiger partial charge < -0.3 is 4.74 Å². The highest BCUT2D eigenvalue weighted by molar-refractivity contribution is 5.81. The molecule has 0 unspecified atom stereocenters. The third-order valence-corrected chi connectivity index (χ3v) is 4.31. The monoisotopic (exact) mass is 325 g/mol. The SMILES string of the molecule is [2H]CCCCCCCCCCCCCCCCCCOC(=O)C=C. The Kier molecular flexibility index (Phi) is 17.0. The van der Waals surface area contributed by atoms with E-state index in [1.807, 2.05) is 0 Å². The van der Waals surface area contributed by atoms with Crippen LogP contribution in [0, 0.1) is 0 Å². The Morgan fingerprint density at radius 3 is 1.57 bits per heavy atom. The maximum absolute atomic E-state index is 10.8. The Hall–Kier alpha value is -0.790. The normalized spacial score (nSPS) is 11.2. The smallest absolute Gasteiger partial charge is 0.330 e. The van der Waals surface area contributed by atoms with Gasteiger partial charge >= 0.3 is 5.97 Å². The molecule has 0 bridgehead atoms. The minimum atomic E-state index is -0.306. The molecule has 0 saturated carbocycles. The van der Waals surface area contributed by atoms with E-state index in [2.05, 4.69) is 6.58 Å². The van der Waals surface area contributed by atoms with Crippen molar-refractivity contribution in [2.45, 2.75) is 110 Å². The quantitative estimate of drug-likeness (QED) is 0.154. The maximum Gasteiger partial charge on any atom is 0.330 e. The van der Waals surface area contributed by atoms with Gasteiger partial charge in [-0.15, -0.1) is 0 Å². The zero-order valence-electron chi connectivity index (χ0n) is 16.3. The molecule has 136 valence electrons. The average Bonchev–Trinajstić information content (AvgIpc) is 2.60. The molecule has 23 heavy (non-hydrogen) atoms. The average molecular weight is 326 g/mol. The largest absolute Gasteiger partial charge is 0.463 e. The van der Waals surface area contributed by atoms with E-state index in [1.54, 1.807) is 0 Å². The summed E-state index contributed by atoms with van der Waals surface area (Å²) in [6, 6.07) is 0. The Morgan fingerprint density at radius 2 is 1.17 bits per heavy atom. The fraction of sp³-hybridized carbons (Fsp3) is 0.857. The summed E-state index contributed by atoms with van der Waals surface area (Å²) in [5, 5.41) is 0. The first-order valence-corrected chi connectivity index (χ1v) is 9.89. The second-order valence-corrected chi connectivity index (χ2v) is 6.53. The number of ether oxygens (including phenoxy) is 1. The number of hydrogen-bond acceptors (Lipinski definition) is 2. The summed E-state index contributed by atoms with van der Waals surface area (Å²) in [6.07, 6.45) is 22.1. The van der Waals surface area contributed by atoms with E-state index in [4.69, 9.17) is 6.11 Å². The molecular formula is C21H40O2. The van der Waals surface area contributed by atoms with E-state index in [0.717, 1.165) is 19.3 Å². The standard InChI is InChI=1S/C21H40O2/c1-3-5-6-7-8-9-10-11-12-13-14-15-16-17-18-19-20-23-21(22)4-2/h4H,2-3,5-20H2,1H3/i1D. The summed E-state index contributed by atoms with van der Waals surface area (Å²) in [6.45, 7) is 4.52. The van der Waals surface area contributed by atoms with Crippen LogP contribution in [0.15, 0.2) is 12.7 Å². The van der Waals surface area contributed by atoms with Crippen molar-refractivity contribution in [2.24, 2.45) is 0 Å². The van der Waals surface area contributed by atoms with Crippen molar-refractivity contribution in [3.63, 3.8) is 0 Å². The lowest BCUT2D eigenvalue weighted by Crippen LogP contribution is -2.01. The maximum atomic E-state index is 10.8. The van der Waals surface area contributed by atoms with Crippen molar-refractivity contribution >= 4 is 5.97 Å². The van der Waals surface area contributed by atoms with Crippen LogP contribution in [0.2, 0.25) is 0 Å². The van der Waals surface area contributed by atoms with Crippen molar-refractivity contribution in [3.05, 3.63) is 12.7 Å². The summed E-state index contributed by atoms with van der Waals surface area (Å²) in [5.41, 5.74) is 0. The molecule has 0 fully saturated rings. The summed E-state index contributed by atoms with van der Waals surface area (Å²) in [5.74, 6) is -0.306. The molecule has 0 spiro atoms. The predicted octanol–water partition coefficient (Wildman–Crippen LogP) is 6.98. The van der Waals surface area contributed by atoms with E-state index in [0.29, 0.717) is 13.5 Å². The number of carbonyl (C=O) groups is 1. The number of rotatable bonds is 18.